The van der Waals surface area contributed by atoms with Crippen molar-refractivity contribution in [3.8, 4) is 11.3 Å². The van der Waals surface area contributed by atoms with Crippen molar-refractivity contribution < 1.29 is 32.7 Å². The van der Waals surface area contributed by atoms with Crippen LogP contribution in [0.4, 0.5) is 14.5 Å². The van der Waals surface area contributed by atoms with E-state index in [4.69, 9.17) is 27.5 Å². The molecule has 2 fully saturated rings. The Morgan fingerprint density at radius 2 is 1.81 bits per heavy atom. The zero-order chi connectivity index (χ0) is 42.8. The summed E-state index contributed by atoms with van der Waals surface area (Å²) in [6.07, 6.45) is 3.19. The summed E-state index contributed by atoms with van der Waals surface area (Å²) in [5.41, 5.74) is 6.56. The minimum Gasteiger partial charge on any atom is -0.386 e. The van der Waals surface area contributed by atoms with Crippen LogP contribution in [-0.4, -0.2) is 133 Å². The second-order valence-electron chi connectivity index (χ2n) is 14.8. The van der Waals surface area contributed by atoms with Crippen LogP contribution in [0.15, 0.2) is 42.2 Å². The van der Waals surface area contributed by atoms with Crippen LogP contribution in [0.3, 0.4) is 0 Å². The van der Waals surface area contributed by atoms with Gasteiger partial charge < -0.3 is 46.2 Å². The van der Waals surface area contributed by atoms with Crippen molar-refractivity contribution in [1.82, 2.24) is 34.9 Å². The number of carbonyl (C=O) groups excluding carboxylic acids is 4. The summed E-state index contributed by atoms with van der Waals surface area (Å²) in [5, 5.41) is 16.9. The molecule has 0 radical (unpaired) electrons. The summed E-state index contributed by atoms with van der Waals surface area (Å²) < 4.78 is 37.3. The van der Waals surface area contributed by atoms with E-state index in [2.05, 4.69) is 20.9 Å². The Balaban J connectivity index is 1.18. The molecule has 18 heteroatoms. The van der Waals surface area contributed by atoms with Crippen LogP contribution >= 0.6 is 11.6 Å². The number of piperidine rings is 1. The molecule has 0 saturated carbocycles. The van der Waals surface area contributed by atoms with E-state index in [1.165, 1.54) is 55.3 Å². The number of nitrogens with one attached hydrogen (secondary N) is 4. The van der Waals surface area contributed by atoms with Crippen LogP contribution in [0.25, 0.3) is 16.8 Å². The third-order valence-corrected chi connectivity index (χ3v) is 11.1. The van der Waals surface area contributed by atoms with Gasteiger partial charge in [0.15, 0.2) is 17.5 Å². The molecule has 6 N–H and O–H groups in total. The second-order valence-corrected chi connectivity index (χ2v) is 15.2. The maximum absolute atomic E-state index is 15.5. The average Bonchev–Trinajstić information content (AvgIpc) is 3.58. The van der Waals surface area contributed by atoms with E-state index >= 15 is 8.78 Å². The fourth-order valence-electron chi connectivity index (χ4n) is 7.35. The largest absolute Gasteiger partial charge is 0.386 e. The van der Waals surface area contributed by atoms with Gasteiger partial charge in [-0.1, -0.05) is 17.7 Å². The quantitative estimate of drug-likeness (QED) is 0.0888. The highest BCUT2D eigenvalue weighted by atomic mass is 35.5. The molecule has 3 heterocycles. The number of nitrogens with zero attached hydrogens (tertiary/aromatic N) is 5. The lowest BCUT2D eigenvalue weighted by molar-refractivity contribution is -0.137. The first-order valence-electron chi connectivity index (χ1n) is 19.6. The number of aromatic nitrogens is 2. The van der Waals surface area contributed by atoms with Gasteiger partial charge in [0, 0.05) is 113 Å². The maximum atomic E-state index is 15.5. The number of halogens is 3. The predicted molar refractivity (Wildman–Crippen MR) is 222 cm³/mol. The summed E-state index contributed by atoms with van der Waals surface area (Å²) in [6.45, 7) is 9.36. The third-order valence-electron chi connectivity index (χ3n) is 10.8. The molecule has 4 amide bonds. The molecule has 15 nitrogen and oxygen atoms in total. The first kappa shape index (κ1) is 44.9. The van der Waals surface area contributed by atoms with Crippen molar-refractivity contribution in [3.63, 3.8) is 0 Å². The summed E-state index contributed by atoms with van der Waals surface area (Å²) in [4.78, 5) is 61.6. The van der Waals surface area contributed by atoms with E-state index < -0.39 is 23.4 Å². The summed E-state index contributed by atoms with van der Waals surface area (Å²) in [5.74, 6) is -3.51. The molecule has 3 aromatic rings. The van der Waals surface area contributed by atoms with E-state index in [0.717, 1.165) is 25.8 Å². The van der Waals surface area contributed by atoms with Crippen molar-refractivity contribution in [2.75, 3.05) is 84.5 Å². The normalized spacial score (nSPS) is 15.1. The smallest absolute Gasteiger partial charge is 0.291 e. The Kier molecular flexibility index (Phi) is 15.7. The van der Waals surface area contributed by atoms with Crippen molar-refractivity contribution >= 4 is 52.7 Å². The molecule has 2 saturated heterocycles. The van der Waals surface area contributed by atoms with Gasteiger partial charge in [0.1, 0.15) is 0 Å². The van der Waals surface area contributed by atoms with Gasteiger partial charge >= 0.3 is 0 Å². The number of imidazole rings is 1. The number of primary amides is 1. The zero-order valence-corrected chi connectivity index (χ0v) is 34.6. The van der Waals surface area contributed by atoms with E-state index in [0.29, 0.717) is 70.3 Å². The van der Waals surface area contributed by atoms with Gasteiger partial charge in [-0.3, -0.25) is 24.1 Å². The number of methoxy groups -OCH3 is 1. The minimum atomic E-state index is -1.16. The maximum Gasteiger partial charge on any atom is 0.291 e. The number of anilines is 1. The SMILES string of the molecule is CCN(CCN(CC(N)=O)CC1CNC1)C(=O)C1CCN(C(=O)c2ccc(NC(=O)c3ncc(-c4ccc(/C(C=N)=C(\C)NCCOC)c(F)c4F)n3C)cc2Cl)CC1. The fraction of sp³-hybridized carbons (Fsp3) is 0.463. The summed E-state index contributed by atoms with van der Waals surface area (Å²) in [7, 11) is 3.04. The number of likely N-dealkylation sites (N-methyl/N-ethyl adjacent to an activating group) is 1. The molecular formula is C41H53ClF2N10O5. The number of hydrogen-bond acceptors (Lipinski definition) is 10. The number of amides is 4. The Labute approximate surface area is 347 Å². The number of likely N-dealkylation sites (tertiary alicyclic amines) is 1. The molecular weight excluding hydrogens is 786 g/mol. The molecule has 0 unspecified atom stereocenters. The van der Waals surface area contributed by atoms with Crippen LogP contribution in [-0.2, 0) is 21.4 Å². The highest BCUT2D eigenvalue weighted by Gasteiger charge is 2.32. The second kappa shape index (κ2) is 20.6. The van der Waals surface area contributed by atoms with Gasteiger partial charge in [0.05, 0.1) is 35.6 Å². The Bertz CT molecular complexity index is 2070. The predicted octanol–water partition coefficient (Wildman–Crippen LogP) is 3.59. The van der Waals surface area contributed by atoms with Gasteiger partial charge in [-0.05, 0) is 56.9 Å². The molecule has 2 aromatic carbocycles. The van der Waals surface area contributed by atoms with Gasteiger partial charge in [-0.2, -0.15) is 0 Å². The van der Waals surface area contributed by atoms with E-state index in [-0.39, 0.29) is 68.8 Å². The molecule has 5 rings (SSSR count). The van der Waals surface area contributed by atoms with Crippen molar-refractivity contribution in [3.05, 3.63) is 75.8 Å². The first-order chi connectivity index (χ1) is 28.3. The standard InChI is InChI=1S/C41H53ClF2N10O5/c1-5-53(16-15-52(24-35(46)55)23-26-20-47-21-26)40(57)27-10-13-54(14-11-27)41(58)30-7-6-28(18-33(30)42)50-39(56)38-49-22-34(51(38)3)31-9-8-29(36(43)37(31)44)32(19-45)25(2)48-12-17-59-4/h6-9,18-19,22,26-27,45,47-48H,5,10-17,20-21,23-24H2,1-4H3,(H2,46,55)(H,50,56)/b32-25+,45-19?. The molecule has 0 atom stereocenters. The van der Waals surface area contributed by atoms with Gasteiger partial charge in [0.25, 0.3) is 11.8 Å². The van der Waals surface area contributed by atoms with Gasteiger partial charge in [-0.25, -0.2) is 13.8 Å². The minimum absolute atomic E-state index is 0.0278. The molecule has 1 aromatic heterocycles. The van der Waals surface area contributed by atoms with E-state index in [1.54, 1.807) is 16.7 Å². The molecule has 0 aliphatic carbocycles. The summed E-state index contributed by atoms with van der Waals surface area (Å²) in [6, 6.07) is 7.24. The number of carbonyl (C=O) groups is 4. The molecule has 318 valence electrons. The van der Waals surface area contributed by atoms with E-state index in [9.17, 15) is 19.2 Å². The van der Waals surface area contributed by atoms with Crippen LogP contribution < -0.4 is 21.7 Å². The average molecular weight is 839 g/mol. The first-order valence-corrected chi connectivity index (χ1v) is 20.0. The number of rotatable bonds is 19. The highest BCUT2D eigenvalue weighted by molar-refractivity contribution is 6.34. The Morgan fingerprint density at radius 1 is 1.10 bits per heavy atom. The lowest BCUT2D eigenvalue weighted by Gasteiger charge is -2.36. The van der Waals surface area contributed by atoms with Crippen molar-refractivity contribution in [2.45, 2.75) is 26.7 Å². The molecule has 2 aliphatic heterocycles. The molecule has 59 heavy (non-hydrogen) atoms. The number of allylic oxidation sites excluding steroid dienone is 2. The molecule has 2 aliphatic rings. The highest BCUT2D eigenvalue weighted by Crippen LogP contribution is 2.31. The molecule has 0 spiro atoms. The number of nitrogens with two attached hydrogens (primary N) is 1. The van der Waals surface area contributed by atoms with Crippen molar-refractivity contribution in [2.24, 2.45) is 24.6 Å². The Morgan fingerprint density at radius 3 is 2.42 bits per heavy atom. The van der Waals surface area contributed by atoms with Gasteiger partial charge in [0.2, 0.25) is 11.8 Å². The van der Waals surface area contributed by atoms with Crippen LogP contribution in [0.2, 0.25) is 5.02 Å². The Hall–Kier alpha value is -5.23. The summed E-state index contributed by atoms with van der Waals surface area (Å²) >= 11 is 6.57. The van der Waals surface area contributed by atoms with Crippen LogP contribution in [0.1, 0.15) is 53.2 Å². The number of ether oxygens (including phenoxy) is 1. The fourth-order valence-corrected chi connectivity index (χ4v) is 7.61. The van der Waals surface area contributed by atoms with Crippen molar-refractivity contribution in [1.29, 1.82) is 5.41 Å². The van der Waals surface area contributed by atoms with Crippen LogP contribution in [0, 0.1) is 28.9 Å². The van der Waals surface area contributed by atoms with E-state index in [1.807, 2.05) is 11.8 Å². The lowest BCUT2D eigenvalue weighted by Crippen LogP contribution is -2.51. The zero-order valence-electron chi connectivity index (χ0n) is 33.9. The van der Waals surface area contributed by atoms with Gasteiger partial charge in [-0.15, -0.1) is 0 Å². The molecule has 0 bridgehead atoms. The lowest BCUT2D eigenvalue weighted by atomic mass is 9.94. The monoisotopic (exact) mass is 838 g/mol. The number of benzene rings is 2. The topological polar surface area (TPSA) is 191 Å². The third kappa shape index (κ3) is 10.9. The van der Waals surface area contributed by atoms with Crippen LogP contribution in [0.5, 0.6) is 0 Å². The number of hydrogen-bond donors (Lipinski definition) is 5.